The number of hydrogen-bond acceptors (Lipinski definition) is 5. The zero-order valence-electron chi connectivity index (χ0n) is 16.2. The van der Waals surface area contributed by atoms with Crippen LogP contribution in [0.1, 0.15) is 25.8 Å². The molecule has 2 amide bonds. The number of amides is 2. The summed E-state index contributed by atoms with van der Waals surface area (Å²) in [4.78, 5) is 21.2. The second kappa shape index (κ2) is 8.10. The van der Waals surface area contributed by atoms with Gasteiger partial charge in [0.2, 0.25) is 11.7 Å². The Balaban J connectivity index is 1.53. The Bertz CT molecular complexity index is 1120. The van der Waals surface area contributed by atoms with E-state index in [0.717, 1.165) is 22.0 Å². The number of carbonyl (C=O) groups excluding carboxylic acids is 1. The molecule has 0 aliphatic rings. The van der Waals surface area contributed by atoms with Gasteiger partial charge in [-0.05, 0) is 29.5 Å². The maximum atomic E-state index is 12.7. The van der Waals surface area contributed by atoms with E-state index in [1.165, 1.54) is 0 Å². The van der Waals surface area contributed by atoms with Crippen molar-refractivity contribution >= 4 is 22.5 Å². The largest absolute Gasteiger partial charge is 0.337 e. The van der Waals surface area contributed by atoms with Gasteiger partial charge >= 0.3 is 6.03 Å². The number of anilines is 1. The standard InChI is InChI=1S/C22H21N5O2/c1-14(2)19(21-26-20(27-29-21)16-9-6-12-23-13-16)25-22(28)24-18-11-5-8-15-7-3-4-10-17(15)18/h3-14,19H,1-2H3,(H2,24,25,28)/t19-/m1/s1. The number of pyridine rings is 1. The van der Waals surface area contributed by atoms with Crippen molar-refractivity contribution in [3.8, 4) is 11.4 Å². The van der Waals surface area contributed by atoms with Crippen molar-refractivity contribution in [2.24, 2.45) is 5.92 Å². The van der Waals surface area contributed by atoms with Crippen LogP contribution < -0.4 is 10.6 Å². The van der Waals surface area contributed by atoms with E-state index >= 15 is 0 Å². The first kappa shape index (κ1) is 18.6. The van der Waals surface area contributed by atoms with Crippen LogP contribution in [0.15, 0.2) is 71.5 Å². The molecule has 0 saturated carbocycles. The molecule has 0 fully saturated rings. The Kier molecular flexibility index (Phi) is 5.20. The van der Waals surface area contributed by atoms with E-state index in [2.05, 4.69) is 25.8 Å². The fourth-order valence-corrected chi connectivity index (χ4v) is 3.12. The number of fused-ring (bicyclic) bond motifs is 1. The summed E-state index contributed by atoms with van der Waals surface area (Å²) in [5.74, 6) is 0.845. The van der Waals surface area contributed by atoms with Crippen molar-refractivity contribution in [2.45, 2.75) is 19.9 Å². The highest BCUT2D eigenvalue weighted by atomic mass is 16.5. The minimum absolute atomic E-state index is 0.0514. The topological polar surface area (TPSA) is 92.9 Å². The lowest BCUT2D eigenvalue weighted by Gasteiger charge is -2.19. The normalized spacial score (nSPS) is 12.1. The van der Waals surface area contributed by atoms with E-state index in [4.69, 9.17) is 4.52 Å². The van der Waals surface area contributed by atoms with Gasteiger partial charge in [-0.15, -0.1) is 0 Å². The first-order chi connectivity index (χ1) is 14.1. The van der Waals surface area contributed by atoms with Crippen LogP contribution in [0.2, 0.25) is 0 Å². The van der Waals surface area contributed by atoms with Gasteiger partial charge in [-0.3, -0.25) is 4.98 Å². The van der Waals surface area contributed by atoms with Crippen LogP contribution in [0.25, 0.3) is 22.2 Å². The molecule has 0 unspecified atom stereocenters. The third-order valence-electron chi connectivity index (χ3n) is 4.62. The lowest BCUT2D eigenvalue weighted by molar-refractivity contribution is 0.236. The summed E-state index contributed by atoms with van der Waals surface area (Å²) in [5, 5.41) is 11.9. The fourth-order valence-electron chi connectivity index (χ4n) is 3.12. The average molecular weight is 387 g/mol. The summed E-state index contributed by atoms with van der Waals surface area (Å²) in [6, 6.07) is 16.6. The lowest BCUT2D eigenvalue weighted by Crippen LogP contribution is -2.35. The average Bonchev–Trinajstić information content (AvgIpc) is 3.22. The van der Waals surface area contributed by atoms with Gasteiger partial charge in [-0.2, -0.15) is 4.98 Å². The van der Waals surface area contributed by atoms with Crippen LogP contribution in [0.5, 0.6) is 0 Å². The molecule has 0 radical (unpaired) electrons. The number of aromatic nitrogens is 3. The number of nitrogens with one attached hydrogen (secondary N) is 2. The smallest absolute Gasteiger partial charge is 0.319 e. The molecule has 4 rings (SSSR count). The van der Waals surface area contributed by atoms with Crippen molar-refractivity contribution in [3.63, 3.8) is 0 Å². The number of rotatable bonds is 5. The highest BCUT2D eigenvalue weighted by Gasteiger charge is 2.25. The molecular weight excluding hydrogens is 366 g/mol. The van der Waals surface area contributed by atoms with Gasteiger partial charge in [-0.1, -0.05) is 55.4 Å². The summed E-state index contributed by atoms with van der Waals surface area (Å²) in [7, 11) is 0. The summed E-state index contributed by atoms with van der Waals surface area (Å²) in [6.45, 7) is 3.97. The monoisotopic (exact) mass is 387 g/mol. The first-order valence-electron chi connectivity index (χ1n) is 9.41. The van der Waals surface area contributed by atoms with Gasteiger partial charge in [0.05, 0.1) is 5.69 Å². The molecule has 7 nitrogen and oxygen atoms in total. The first-order valence-corrected chi connectivity index (χ1v) is 9.41. The summed E-state index contributed by atoms with van der Waals surface area (Å²) < 4.78 is 5.43. The van der Waals surface area contributed by atoms with Crippen LogP contribution in [-0.2, 0) is 0 Å². The molecule has 1 atom stereocenters. The van der Waals surface area contributed by atoms with Crippen LogP contribution >= 0.6 is 0 Å². The van der Waals surface area contributed by atoms with E-state index in [-0.39, 0.29) is 11.9 Å². The third-order valence-corrected chi connectivity index (χ3v) is 4.62. The number of nitrogens with zero attached hydrogens (tertiary/aromatic N) is 3. The Morgan fingerprint density at radius 2 is 1.86 bits per heavy atom. The molecule has 0 aliphatic heterocycles. The minimum Gasteiger partial charge on any atom is -0.337 e. The number of carbonyl (C=O) groups is 1. The highest BCUT2D eigenvalue weighted by Crippen LogP contribution is 2.25. The molecular formula is C22H21N5O2. The summed E-state index contributed by atoms with van der Waals surface area (Å²) in [5.41, 5.74) is 1.50. The fraction of sp³-hybridized carbons (Fsp3) is 0.182. The Morgan fingerprint density at radius 3 is 2.66 bits per heavy atom. The number of urea groups is 1. The van der Waals surface area contributed by atoms with Crippen molar-refractivity contribution in [1.82, 2.24) is 20.4 Å². The van der Waals surface area contributed by atoms with Crippen LogP contribution in [0.3, 0.4) is 0 Å². The molecule has 4 aromatic rings. The van der Waals surface area contributed by atoms with E-state index in [1.54, 1.807) is 18.5 Å². The molecule has 29 heavy (non-hydrogen) atoms. The number of benzene rings is 2. The maximum absolute atomic E-state index is 12.7. The molecule has 2 heterocycles. The van der Waals surface area contributed by atoms with Crippen LogP contribution in [0.4, 0.5) is 10.5 Å². The van der Waals surface area contributed by atoms with Crippen molar-refractivity contribution in [1.29, 1.82) is 0 Å². The zero-order valence-corrected chi connectivity index (χ0v) is 16.2. The molecule has 0 bridgehead atoms. The lowest BCUT2D eigenvalue weighted by atomic mass is 10.0. The Morgan fingerprint density at radius 1 is 1.03 bits per heavy atom. The van der Waals surface area contributed by atoms with Gasteiger partial charge in [-0.25, -0.2) is 4.79 Å². The molecule has 0 aliphatic carbocycles. The van der Waals surface area contributed by atoms with Gasteiger partial charge in [0.25, 0.3) is 0 Å². The summed E-state index contributed by atoms with van der Waals surface area (Å²) in [6.07, 6.45) is 3.35. The highest BCUT2D eigenvalue weighted by molar-refractivity contribution is 6.01. The maximum Gasteiger partial charge on any atom is 0.319 e. The molecule has 2 aromatic heterocycles. The van der Waals surface area contributed by atoms with E-state index < -0.39 is 6.04 Å². The minimum atomic E-state index is -0.428. The predicted molar refractivity (Wildman–Crippen MR) is 111 cm³/mol. The molecule has 146 valence electrons. The van der Waals surface area contributed by atoms with E-state index in [1.807, 2.05) is 62.4 Å². The van der Waals surface area contributed by atoms with E-state index in [9.17, 15) is 4.79 Å². The number of hydrogen-bond donors (Lipinski definition) is 2. The van der Waals surface area contributed by atoms with Gasteiger partial charge < -0.3 is 15.2 Å². The second-order valence-corrected chi connectivity index (χ2v) is 7.04. The van der Waals surface area contributed by atoms with Crippen LogP contribution in [0, 0.1) is 5.92 Å². The molecule has 0 spiro atoms. The van der Waals surface area contributed by atoms with Crippen molar-refractivity contribution in [2.75, 3.05) is 5.32 Å². The zero-order chi connectivity index (χ0) is 20.2. The molecule has 0 saturated heterocycles. The SMILES string of the molecule is CC(C)[C@@H](NC(=O)Nc1cccc2ccccc12)c1nc(-c2cccnc2)no1. The van der Waals surface area contributed by atoms with Gasteiger partial charge in [0, 0.05) is 23.3 Å². The van der Waals surface area contributed by atoms with Gasteiger partial charge in [0.15, 0.2) is 0 Å². The second-order valence-electron chi connectivity index (χ2n) is 7.04. The predicted octanol–water partition coefficient (Wildman–Crippen LogP) is 4.80. The van der Waals surface area contributed by atoms with E-state index in [0.29, 0.717) is 11.7 Å². The quantitative estimate of drug-likeness (QED) is 0.513. The molecule has 7 heteroatoms. The third kappa shape index (κ3) is 4.08. The molecule has 2 N–H and O–H groups in total. The summed E-state index contributed by atoms with van der Waals surface area (Å²) >= 11 is 0. The van der Waals surface area contributed by atoms with Crippen molar-refractivity contribution < 1.29 is 9.32 Å². The van der Waals surface area contributed by atoms with Crippen molar-refractivity contribution in [3.05, 3.63) is 72.9 Å². The Labute approximate surface area is 168 Å². The van der Waals surface area contributed by atoms with Crippen LogP contribution in [-0.4, -0.2) is 21.2 Å². The van der Waals surface area contributed by atoms with Gasteiger partial charge in [0.1, 0.15) is 6.04 Å². The Hall–Kier alpha value is -3.74. The molecule has 2 aromatic carbocycles.